The average Bonchev–Trinajstić information content (AvgIpc) is 3.38. The van der Waals surface area contributed by atoms with Crippen molar-refractivity contribution in [1.29, 1.82) is 0 Å². The molecule has 0 aliphatic carbocycles. The van der Waals surface area contributed by atoms with Gasteiger partial charge in [0.05, 0.1) is 44.5 Å². The van der Waals surface area contributed by atoms with Crippen molar-refractivity contribution >= 4 is 47.3 Å². The van der Waals surface area contributed by atoms with E-state index in [1.807, 2.05) is 0 Å². The van der Waals surface area contributed by atoms with E-state index in [1.54, 1.807) is 37.5 Å². The van der Waals surface area contributed by atoms with E-state index in [1.165, 1.54) is 24.3 Å². The first kappa shape index (κ1) is 59.5. The highest BCUT2D eigenvalue weighted by Gasteiger charge is 2.25. The molecule has 0 fully saturated rings. The summed E-state index contributed by atoms with van der Waals surface area (Å²) in [5.74, 6) is -12.6. The molecule has 0 heterocycles. The molecular weight excluding hydrogens is 997 g/mol. The number of benzene rings is 4. The molecule has 4 aromatic rings. The maximum atomic E-state index is 13.3. The number of carbonyl (C=O) groups excluding carboxylic acids is 8. The highest BCUT2D eigenvalue weighted by atomic mass is 16.3. The molecule has 4 aromatic carbocycles. The largest absolute Gasteiger partial charge is 0.504 e. The van der Waals surface area contributed by atoms with Gasteiger partial charge in [-0.25, -0.2) is 0 Å². The summed E-state index contributed by atoms with van der Waals surface area (Å²) in [5.41, 5.74) is -2.42. The molecule has 0 aliphatic heterocycles. The Kier molecular flexibility index (Phi) is 22.3. The first-order chi connectivity index (χ1) is 36.2. The van der Waals surface area contributed by atoms with Crippen molar-refractivity contribution in [3.8, 4) is 46.0 Å². The summed E-state index contributed by atoms with van der Waals surface area (Å²) >= 11 is 0. The van der Waals surface area contributed by atoms with Gasteiger partial charge in [0.25, 0.3) is 47.3 Å². The van der Waals surface area contributed by atoms with E-state index in [0.29, 0.717) is 0 Å². The summed E-state index contributed by atoms with van der Waals surface area (Å²) in [5, 5.41) is 105. The zero-order chi connectivity index (χ0) is 56.2. The quantitative estimate of drug-likeness (QED) is 0.0348. The number of phenolic OH excluding ortho intramolecular Hbond substituents is 8. The van der Waals surface area contributed by atoms with Gasteiger partial charge < -0.3 is 83.4 Å². The number of hydrogen-bond donors (Lipinski definition) is 16. The lowest BCUT2D eigenvalue weighted by molar-refractivity contribution is 0.0917. The predicted molar refractivity (Wildman–Crippen MR) is 273 cm³/mol. The molecule has 0 bridgehead atoms. The van der Waals surface area contributed by atoms with Crippen LogP contribution in [0.2, 0.25) is 0 Å². The van der Waals surface area contributed by atoms with E-state index in [-0.39, 0.29) is 136 Å². The lowest BCUT2D eigenvalue weighted by Crippen LogP contribution is -2.45. The van der Waals surface area contributed by atoms with E-state index in [2.05, 4.69) is 42.5 Å². The van der Waals surface area contributed by atoms with Gasteiger partial charge in [0, 0.05) is 91.6 Å². The Morgan fingerprint density at radius 3 is 0.566 bits per heavy atom. The summed E-state index contributed by atoms with van der Waals surface area (Å²) in [4.78, 5) is 106. The molecule has 0 spiro atoms. The van der Waals surface area contributed by atoms with Crippen LogP contribution in [0, 0.1) is 0 Å². The standard InChI is InChI=1S/C50H64N10O16/c1-5-51-43(69)27-9-13-31(39(65)35(27)61)47(73)55-17-21-59(22-18-56-48(74)32-14-10-28(36(62)40(32)66)44(70)52-6-2)25-26-60(23-19-57-49(75)33-15-11-29(37(63)41(33)67)45(71)53-7-3)24-20-58-50(76)34-16-12-30(38(64)42(34)68)46(72)54-8-4/h9-16,61-68H,5-8,17-26H2,1-4H3,(H,51,69)(H,52,70)(H,53,71)(H,54,72)(H,55,73)(H,56,74)(H,57,75)(H,58,76). The second-order valence-electron chi connectivity index (χ2n) is 16.6. The highest BCUT2D eigenvalue weighted by molar-refractivity contribution is 6.05. The van der Waals surface area contributed by atoms with Gasteiger partial charge in [-0.2, -0.15) is 0 Å². The maximum absolute atomic E-state index is 13.3. The molecular formula is C50H64N10O16. The fraction of sp³-hybridized carbons (Fsp3) is 0.360. The van der Waals surface area contributed by atoms with Crippen molar-refractivity contribution in [3.05, 3.63) is 93.0 Å². The molecule has 76 heavy (non-hydrogen) atoms. The van der Waals surface area contributed by atoms with Gasteiger partial charge in [0.2, 0.25) is 0 Å². The minimum Gasteiger partial charge on any atom is -0.504 e. The molecule has 16 N–H and O–H groups in total. The zero-order valence-corrected chi connectivity index (χ0v) is 42.3. The van der Waals surface area contributed by atoms with E-state index in [0.717, 1.165) is 24.3 Å². The number of nitrogens with zero attached hydrogens (tertiary/aromatic N) is 2. The third-order valence-electron chi connectivity index (χ3n) is 11.5. The van der Waals surface area contributed by atoms with Crippen LogP contribution in [-0.4, -0.2) is 190 Å². The Morgan fingerprint density at radius 2 is 0.421 bits per heavy atom. The number of hydrogen-bond acceptors (Lipinski definition) is 18. The third-order valence-corrected chi connectivity index (χ3v) is 11.5. The van der Waals surface area contributed by atoms with Crippen LogP contribution < -0.4 is 42.5 Å². The Hall–Kier alpha value is -9.04. The molecule has 410 valence electrons. The van der Waals surface area contributed by atoms with Crippen LogP contribution in [-0.2, 0) is 0 Å². The lowest BCUT2D eigenvalue weighted by Gasteiger charge is -2.28. The monoisotopic (exact) mass is 1060 g/mol. The van der Waals surface area contributed by atoms with E-state index < -0.39 is 93.3 Å². The van der Waals surface area contributed by atoms with Crippen molar-refractivity contribution in [2.45, 2.75) is 27.7 Å². The summed E-state index contributed by atoms with van der Waals surface area (Å²) < 4.78 is 0. The SMILES string of the molecule is CCNC(=O)c1ccc(C(=O)NCCN(CCNC(=O)c2ccc(C(=O)NCC)c(O)c2O)CCN(CCNC(=O)c2ccc(C(=O)NCC)c(O)c2O)CCNC(=O)c2ccc(C(=O)NCC)c(O)c2O)c(O)c1O. The molecule has 0 aromatic heterocycles. The van der Waals surface area contributed by atoms with Crippen molar-refractivity contribution in [1.82, 2.24) is 52.3 Å². The predicted octanol–water partition coefficient (Wildman–Crippen LogP) is -0.0460. The van der Waals surface area contributed by atoms with Crippen LogP contribution in [0.1, 0.15) is 111 Å². The van der Waals surface area contributed by atoms with Gasteiger partial charge >= 0.3 is 0 Å². The van der Waals surface area contributed by atoms with E-state index in [4.69, 9.17) is 0 Å². The number of phenols is 8. The van der Waals surface area contributed by atoms with Crippen molar-refractivity contribution in [2.24, 2.45) is 0 Å². The van der Waals surface area contributed by atoms with Gasteiger partial charge in [-0.05, 0) is 76.2 Å². The number of amides is 8. The van der Waals surface area contributed by atoms with Crippen LogP contribution in [0.15, 0.2) is 48.5 Å². The summed E-state index contributed by atoms with van der Waals surface area (Å²) in [7, 11) is 0. The van der Waals surface area contributed by atoms with Gasteiger partial charge in [-0.15, -0.1) is 0 Å². The Balaban J connectivity index is 1.56. The van der Waals surface area contributed by atoms with Crippen LogP contribution in [0.4, 0.5) is 0 Å². The first-order valence-electron chi connectivity index (χ1n) is 24.1. The van der Waals surface area contributed by atoms with Crippen LogP contribution in [0.5, 0.6) is 46.0 Å². The fourth-order valence-corrected chi connectivity index (χ4v) is 7.45. The Morgan fingerprint density at radius 1 is 0.276 bits per heavy atom. The molecule has 0 atom stereocenters. The summed E-state index contributed by atoms with van der Waals surface area (Å²) in [6.07, 6.45) is 0. The van der Waals surface area contributed by atoms with Gasteiger partial charge in [0.1, 0.15) is 0 Å². The normalized spacial score (nSPS) is 10.9. The van der Waals surface area contributed by atoms with Crippen LogP contribution in [0.25, 0.3) is 0 Å². The Bertz CT molecular complexity index is 2440. The molecule has 26 nitrogen and oxygen atoms in total. The number of aromatic hydroxyl groups is 8. The van der Waals surface area contributed by atoms with Gasteiger partial charge in [-0.3, -0.25) is 48.2 Å². The lowest BCUT2D eigenvalue weighted by atomic mass is 10.1. The second kappa shape index (κ2) is 28.4. The second-order valence-corrected chi connectivity index (χ2v) is 16.6. The number of carbonyl (C=O) groups is 8. The van der Waals surface area contributed by atoms with Gasteiger partial charge in [-0.1, -0.05) is 0 Å². The average molecular weight is 1060 g/mol. The van der Waals surface area contributed by atoms with E-state index >= 15 is 0 Å². The Labute approximate surface area is 436 Å². The molecule has 0 saturated carbocycles. The van der Waals surface area contributed by atoms with Gasteiger partial charge in [0.15, 0.2) is 46.0 Å². The molecule has 8 amide bonds. The molecule has 0 saturated heterocycles. The van der Waals surface area contributed by atoms with Crippen LogP contribution in [0.3, 0.4) is 0 Å². The minimum absolute atomic E-state index is 0.0595. The number of rotatable bonds is 27. The third kappa shape index (κ3) is 15.3. The van der Waals surface area contributed by atoms with Crippen molar-refractivity contribution in [2.75, 3.05) is 91.6 Å². The summed E-state index contributed by atoms with van der Waals surface area (Å²) in [6, 6.07) is 9.30. The molecule has 26 heteroatoms. The van der Waals surface area contributed by atoms with Crippen molar-refractivity contribution < 1.29 is 79.2 Å². The van der Waals surface area contributed by atoms with E-state index in [9.17, 15) is 79.2 Å². The highest BCUT2D eigenvalue weighted by Crippen LogP contribution is 2.35. The molecule has 0 unspecified atom stereocenters. The maximum Gasteiger partial charge on any atom is 0.255 e. The fourth-order valence-electron chi connectivity index (χ4n) is 7.45. The van der Waals surface area contributed by atoms with Crippen molar-refractivity contribution in [3.63, 3.8) is 0 Å². The first-order valence-corrected chi connectivity index (χ1v) is 24.1. The molecule has 0 aliphatic rings. The zero-order valence-electron chi connectivity index (χ0n) is 42.3. The molecule has 0 radical (unpaired) electrons. The topological polar surface area (TPSA) is 401 Å². The smallest absolute Gasteiger partial charge is 0.255 e. The minimum atomic E-state index is -0.837. The molecule has 4 rings (SSSR count). The number of nitrogens with one attached hydrogen (secondary N) is 8. The van der Waals surface area contributed by atoms with Crippen LogP contribution >= 0.6 is 0 Å². The summed E-state index contributed by atoms with van der Waals surface area (Å²) in [6.45, 7) is 7.65.